The first-order chi connectivity index (χ1) is 7.79. The molecule has 2 heteroatoms. The molecular weight excluding hydrogens is 198 g/mol. The number of nitrogens with zero attached hydrogens (tertiary/aromatic N) is 1. The summed E-state index contributed by atoms with van der Waals surface area (Å²) in [5.74, 6) is 0.369. The molecule has 1 aliphatic rings. The maximum absolute atomic E-state index is 12.2. The Balaban J connectivity index is 2.38. The fourth-order valence-electron chi connectivity index (χ4n) is 2.60. The number of ketones is 1. The second kappa shape index (κ2) is 4.79. The second-order valence-corrected chi connectivity index (χ2v) is 4.40. The van der Waals surface area contributed by atoms with Gasteiger partial charge in [-0.2, -0.15) is 0 Å². The van der Waals surface area contributed by atoms with Crippen LogP contribution in [0.2, 0.25) is 0 Å². The molecule has 0 N–H and O–H groups in total. The lowest BCUT2D eigenvalue weighted by Gasteiger charge is -2.36. The fraction of sp³-hybridized carbons (Fsp3) is 0.500. The van der Waals surface area contributed by atoms with Gasteiger partial charge in [0, 0.05) is 19.5 Å². The molecule has 2 rings (SSSR count). The highest BCUT2D eigenvalue weighted by Gasteiger charge is 2.39. The third-order valence-electron chi connectivity index (χ3n) is 3.57. The summed E-state index contributed by atoms with van der Waals surface area (Å²) in [4.78, 5) is 12.2. The van der Waals surface area contributed by atoms with Gasteiger partial charge in [-0.15, -0.1) is 0 Å². The van der Waals surface area contributed by atoms with Gasteiger partial charge in [-0.05, 0) is 18.4 Å². The molecule has 1 heterocycles. The quantitative estimate of drug-likeness (QED) is 0.762. The maximum Gasteiger partial charge on any atom is 0.143 e. The van der Waals surface area contributed by atoms with Gasteiger partial charge in [0.1, 0.15) is 5.78 Å². The molecular formula is C14H18NO. The van der Waals surface area contributed by atoms with Gasteiger partial charge in [0.15, 0.2) is 0 Å². The van der Waals surface area contributed by atoms with Crippen LogP contribution < -0.4 is 5.32 Å². The minimum absolute atomic E-state index is 0.252. The van der Waals surface area contributed by atoms with E-state index in [9.17, 15) is 4.79 Å². The normalized spacial score (nSPS) is 19.3. The van der Waals surface area contributed by atoms with Crippen LogP contribution in [0.1, 0.15) is 31.7 Å². The van der Waals surface area contributed by atoms with Gasteiger partial charge < -0.3 is 0 Å². The topological polar surface area (TPSA) is 31.2 Å². The van der Waals surface area contributed by atoms with E-state index in [4.69, 9.17) is 0 Å². The smallest absolute Gasteiger partial charge is 0.143 e. The monoisotopic (exact) mass is 216 g/mol. The summed E-state index contributed by atoms with van der Waals surface area (Å²) >= 11 is 0. The summed E-state index contributed by atoms with van der Waals surface area (Å²) in [6.45, 7) is 3.60. The van der Waals surface area contributed by atoms with Gasteiger partial charge in [-0.3, -0.25) is 4.79 Å². The Morgan fingerprint density at radius 3 is 2.44 bits per heavy atom. The van der Waals surface area contributed by atoms with Crippen LogP contribution in [0.15, 0.2) is 30.3 Å². The predicted octanol–water partition coefficient (Wildman–Crippen LogP) is 2.30. The Morgan fingerprint density at radius 2 is 1.88 bits per heavy atom. The lowest BCUT2D eigenvalue weighted by molar-refractivity contribution is -0.125. The Kier molecular flexibility index (Phi) is 3.39. The summed E-state index contributed by atoms with van der Waals surface area (Å²) in [7, 11) is 0. The van der Waals surface area contributed by atoms with Gasteiger partial charge in [-0.25, -0.2) is 5.32 Å². The van der Waals surface area contributed by atoms with Crippen molar-refractivity contribution in [2.24, 2.45) is 0 Å². The molecule has 16 heavy (non-hydrogen) atoms. The molecule has 0 bridgehead atoms. The Hall–Kier alpha value is -1.15. The van der Waals surface area contributed by atoms with Crippen molar-refractivity contribution in [3.8, 4) is 0 Å². The lowest BCUT2D eigenvalue weighted by Crippen LogP contribution is -2.43. The first-order valence-electron chi connectivity index (χ1n) is 6.02. The summed E-state index contributed by atoms with van der Waals surface area (Å²) in [5, 5.41) is 4.36. The van der Waals surface area contributed by atoms with E-state index < -0.39 is 0 Å². The molecule has 0 atom stereocenters. The zero-order valence-corrected chi connectivity index (χ0v) is 9.78. The van der Waals surface area contributed by atoms with Gasteiger partial charge in [0.2, 0.25) is 0 Å². The molecule has 0 spiro atoms. The molecule has 0 saturated carbocycles. The third kappa shape index (κ3) is 1.90. The number of benzene rings is 1. The van der Waals surface area contributed by atoms with E-state index in [1.54, 1.807) is 0 Å². The molecule has 1 fully saturated rings. The number of carbonyl (C=O) groups excluding carboxylic acids is 1. The predicted molar refractivity (Wildman–Crippen MR) is 64.5 cm³/mol. The number of hydrogen-bond acceptors (Lipinski definition) is 1. The van der Waals surface area contributed by atoms with Crippen LogP contribution >= 0.6 is 0 Å². The number of rotatable bonds is 3. The second-order valence-electron chi connectivity index (χ2n) is 4.40. The van der Waals surface area contributed by atoms with Crippen molar-refractivity contribution in [2.45, 2.75) is 31.6 Å². The molecule has 0 aromatic heterocycles. The average molecular weight is 216 g/mol. The summed E-state index contributed by atoms with van der Waals surface area (Å²) < 4.78 is 0. The molecule has 1 aromatic carbocycles. The van der Waals surface area contributed by atoms with Gasteiger partial charge >= 0.3 is 0 Å². The molecule has 0 unspecified atom stereocenters. The van der Waals surface area contributed by atoms with Crippen molar-refractivity contribution in [1.82, 2.24) is 5.32 Å². The molecule has 85 valence electrons. The molecule has 1 radical (unpaired) electrons. The maximum atomic E-state index is 12.2. The van der Waals surface area contributed by atoms with Crippen molar-refractivity contribution in [1.29, 1.82) is 0 Å². The Labute approximate surface area is 97.1 Å². The van der Waals surface area contributed by atoms with E-state index >= 15 is 0 Å². The molecule has 1 aliphatic heterocycles. The Bertz CT molecular complexity index is 352. The fourth-order valence-corrected chi connectivity index (χ4v) is 2.60. The first-order valence-corrected chi connectivity index (χ1v) is 6.02. The van der Waals surface area contributed by atoms with Gasteiger partial charge in [0.25, 0.3) is 0 Å². The van der Waals surface area contributed by atoms with Gasteiger partial charge in [-0.1, -0.05) is 37.3 Å². The SMILES string of the molecule is CCC(=O)C1(c2ccccc2)CC[N]CC1. The minimum Gasteiger partial charge on any atom is -0.299 e. The zero-order chi connectivity index (χ0) is 11.4. The van der Waals surface area contributed by atoms with Gasteiger partial charge in [0.05, 0.1) is 5.41 Å². The first kappa shape index (κ1) is 11.3. The minimum atomic E-state index is -0.252. The van der Waals surface area contributed by atoms with E-state index in [0.29, 0.717) is 12.2 Å². The van der Waals surface area contributed by atoms with Crippen molar-refractivity contribution in [3.63, 3.8) is 0 Å². The highest BCUT2D eigenvalue weighted by atomic mass is 16.1. The van der Waals surface area contributed by atoms with Crippen LogP contribution in [-0.2, 0) is 10.2 Å². The average Bonchev–Trinajstić information content (AvgIpc) is 2.39. The summed E-state index contributed by atoms with van der Waals surface area (Å²) in [5.41, 5.74) is 0.925. The molecule has 2 nitrogen and oxygen atoms in total. The van der Waals surface area contributed by atoms with E-state index in [2.05, 4.69) is 17.4 Å². The molecule has 0 amide bonds. The number of hydrogen-bond donors (Lipinski definition) is 0. The summed E-state index contributed by atoms with van der Waals surface area (Å²) in [6, 6.07) is 10.2. The van der Waals surface area contributed by atoms with Crippen LogP contribution in [0, 0.1) is 0 Å². The van der Waals surface area contributed by atoms with E-state index in [1.807, 2.05) is 25.1 Å². The highest BCUT2D eigenvalue weighted by Crippen LogP contribution is 2.35. The van der Waals surface area contributed by atoms with Crippen molar-refractivity contribution in [3.05, 3.63) is 35.9 Å². The van der Waals surface area contributed by atoms with Crippen LogP contribution in [0.3, 0.4) is 0 Å². The van der Waals surface area contributed by atoms with Crippen molar-refractivity contribution >= 4 is 5.78 Å². The lowest BCUT2D eigenvalue weighted by atomic mass is 9.69. The van der Waals surface area contributed by atoms with E-state index in [0.717, 1.165) is 25.9 Å². The van der Waals surface area contributed by atoms with Crippen LogP contribution in [0.5, 0.6) is 0 Å². The zero-order valence-electron chi connectivity index (χ0n) is 9.78. The standard InChI is InChI=1S/C14H18NO/c1-2-13(16)14(8-10-15-11-9-14)12-6-4-3-5-7-12/h3-7H,2,8-11H2,1H3. The number of piperidine rings is 1. The van der Waals surface area contributed by atoms with Crippen molar-refractivity contribution < 1.29 is 4.79 Å². The van der Waals surface area contributed by atoms with Crippen LogP contribution in [0.4, 0.5) is 0 Å². The van der Waals surface area contributed by atoms with Crippen LogP contribution in [0.25, 0.3) is 0 Å². The van der Waals surface area contributed by atoms with Crippen molar-refractivity contribution in [2.75, 3.05) is 13.1 Å². The summed E-state index contributed by atoms with van der Waals surface area (Å²) in [6.07, 6.45) is 2.38. The number of Topliss-reactive ketones (excluding diaryl/α,β-unsaturated/α-hetero) is 1. The molecule has 1 aromatic rings. The Morgan fingerprint density at radius 1 is 1.25 bits per heavy atom. The third-order valence-corrected chi connectivity index (χ3v) is 3.57. The molecule has 1 saturated heterocycles. The highest BCUT2D eigenvalue weighted by molar-refractivity contribution is 5.90. The van der Waals surface area contributed by atoms with E-state index in [1.165, 1.54) is 5.56 Å². The molecule has 0 aliphatic carbocycles. The number of carbonyl (C=O) groups is 1. The largest absolute Gasteiger partial charge is 0.299 e. The van der Waals surface area contributed by atoms with Crippen LogP contribution in [-0.4, -0.2) is 18.9 Å². The van der Waals surface area contributed by atoms with E-state index in [-0.39, 0.29) is 5.41 Å².